The molecule has 0 aliphatic carbocycles. The molecule has 0 aromatic heterocycles. The quantitative estimate of drug-likeness (QED) is 0.677. The fraction of sp³-hybridized carbons (Fsp3) is 0.429. The Morgan fingerprint density at radius 2 is 1.82 bits per heavy atom. The van der Waals surface area contributed by atoms with Gasteiger partial charge in [-0.25, -0.2) is 18.4 Å². The van der Waals surface area contributed by atoms with E-state index in [4.69, 9.17) is 16.3 Å². The van der Waals surface area contributed by atoms with Crippen LogP contribution in [0, 0.1) is 11.6 Å². The number of halogens is 3. The van der Waals surface area contributed by atoms with Crippen molar-refractivity contribution in [3.05, 3.63) is 35.4 Å². The van der Waals surface area contributed by atoms with Crippen LogP contribution in [0.1, 0.15) is 32.4 Å². The Morgan fingerprint density at radius 3 is 2.27 bits per heavy atom. The van der Waals surface area contributed by atoms with Gasteiger partial charge < -0.3 is 14.8 Å². The molecule has 1 aromatic rings. The van der Waals surface area contributed by atoms with Crippen LogP contribution < -0.4 is 5.32 Å². The van der Waals surface area contributed by atoms with Gasteiger partial charge in [0.25, 0.3) is 0 Å². The first-order valence-corrected chi connectivity index (χ1v) is 6.85. The van der Waals surface area contributed by atoms with Gasteiger partial charge in [-0.15, -0.1) is 0 Å². The van der Waals surface area contributed by atoms with Crippen LogP contribution in [-0.4, -0.2) is 23.7 Å². The highest BCUT2D eigenvalue weighted by atomic mass is 35.5. The van der Waals surface area contributed by atoms with Crippen molar-refractivity contribution in [2.45, 2.75) is 32.4 Å². The number of benzene rings is 1. The second-order valence-electron chi connectivity index (χ2n) is 5.29. The second-order valence-corrected chi connectivity index (χ2v) is 5.51. The summed E-state index contributed by atoms with van der Waals surface area (Å²) in [6.07, 6.45) is -1.02. The lowest BCUT2D eigenvalue weighted by Crippen LogP contribution is -2.39. The number of carbonyl (C=O) groups excluding carboxylic acids is 2. The van der Waals surface area contributed by atoms with Crippen molar-refractivity contribution >= 4 is 23.7 Å². The normalized spacial score (nSPS) is 12.5. The van der Waals surface area contributed by atoms with E-state index >= 15 is 0 Å². The first-order chi connectivity index (χ1) is 10.2. The number of nitrogens with one attached hydrogen (secondary N) is 1. The SMILES string of the molecule is CC(C)(C)OC(=O)NC(C(=O)OCCl)c1c(F)cccc1F. The van der Waals surface area contributed by atoms with Gasteiger partial charge in [-0.1, -0.05) is 17.7 Å². The van der Waals surface area contributed by atoms with Gasteiger partial charge in [-0.3, -0.25) is 0 Å². The predicted octanol–water partition coefficient (Wildman–Crippen LogP) is 3.27. The maximum atomic E-state index is 13.8. The molecule has 8 heteroatoms. The molecule has 0 saturated carbocycles. The molecule has 0 saturated heterocycles. The maximum absolute atomic E-state index is 13.8. The van der Waals surface area contributed by atoms with E-state index in [2.05, 4.69) is 10.1 Å². The third-order valence-corrected chi connectivity index (χ3v) is 2.49. The first-order valence-electron chi connectivity index (χ1n) is 6.31. The predicted molar refractivity (Wildman–Crippen MR) is 75.3 cm³/mol. The van der Waals surface area contributed by atoms with Gasteiger partial charge >= 0.3 is 12.1 Å². The molecule has 1 N–H and O–H groups in total. The number of alkyl carbamates (subject to hydrolysis) is 1. The number of rotatable bonds is 4. The zero-order valence-corrected chi connectivity index (χ0v) is 13.0. The lowest BCUT2D eigenvalue weighted by molar-refractivity contribution is -0.144. The Bertz CT molecular complexity index is 540. The molecule has 0 aliphatic rings. The van der Waals surface area contributed by atoms with E-state index in [0.29, 0.717) is 0 Å². The summed E-state index contributed by atoms with van der Waals surface area (Å²) in [5.41, 5.74) is -1.50. The average Bonchev–Trinajstić information content (AvgIpc) is 2.35. The first kappa shape index (κ1) is 18.2. The minimum Gasteiger partial charge on any atom is -0.448 e. The summed E-state index contributed by atoms with van der Waals surface area (Å²) in [4.78, 5) is 23.6. The largest absolute Gasteiger partial charge is 0.448 e. The van der Waals surface area contributed by atoms with Gasteiger partial charge in [0, 0.05) is 0 Å². The van der Waals surface area contributed by atoms with Gasteiger partial charge in [0.05, 0.1) is 5.56 Å². The number of amides is 1. The molecule has 0 aliphatic heterocycles. The van der Waals surface area contributed by atoms with E-state index < -0.39 is 47.0 Å². The van der Waals surface area contributed by atoms with Gasteiger partial charge in [0.15, 0.2) is 12.1 Å². The molecule has 1 atom stereocenters. The van der Waals surface area contributed by atoms with Crippen molar-refractivity contribution in [1.82, 2.24) is 5.32 Å². The van der Waals surface area contributed by atoms with Crippen molar-refractivity contribution in [3.8, 4) is 0 Å². The van der Waals surface area contributed by atoms with Crippen LogP contribution in [-0.2, 0) is 14.3 Å². The topological polar surface area (TPSA) is 64.6 Å². The van der Waals surface area contributed by atoms with Crippen LogP contribution in [0.2, 0.25) is 0 Å². The van der Waals surface area contributed by atoms with Crippen molar-refractivity contribution in [2.75, 3.05) is 6.07 Å². The average molecular weight is 336 g/mol. The fourth-order valence-corrected chi connectivity index (χ4v) is 1.71. The van der Waals surface area contributed by atoms with Gasteiger partial charge in [-0.05, 0) is 32.9 Å². The minimum atomic E-state index is -1.71. The van der Waals surface area contributed by atoms with Crippen molar-refractivity contribution in [3.63, 3.8) is 0 Å². The molecular formula is C14H16ClF2NO4. The summed E-state index contributed by atoms with van der Waals surface area (Å²) >= 11 is 5.28. The molecule has 22 heavy (non-hydrogen) atoms. The van der Waals surface area contributed by atoms with Gasteiger partial charge in [0.1, 0.15) is 17.2 Å². The molecule has 0 bridgehead atoms. The lowest BCUT2D eigenvalue weighted by atomic mass is 10.1. The molecule has 0 radical (unpaired) electrons. The summed E-state index contributed by atoms with van der Waals surface area (Å²) in [5, 5.41) is 2.08. The van der Waals surface area contributed by atoms with Crippen LogP contribution in [0.5, 0.6) is 0 Å². The molecule has 5 nitrogen and oxygen atoms in total. The van der Waals surface area contributed by atoms with E-state index in [1.165, 1.54) is 0 Å². The van der Waals surface area contributed by atoms with Crippen LogP contribution in [0.3, 0.4) is 0 Å². The van der Waals surface area contributed by atoms with Crippen LogP contribution in [0.25, 0.3) is 0 Å². The van der Waals surface area contributed by atoms with Gasteiger partial charge in [0.2, 0.25) is 0 Å². The summed E-state index contributed by atoms with van der Waals surface area (Å²) in [6, 6.07) is 0.800. The molecule has 1 amide bonds. The molecule has 0 spiro atoms. The highest BCUT2D eigenvalue weighted by Gasteiger charge is 2.31. The zero-order valence-electron chi connectivity index (χ0n) is 12.3. The Balaban J connectivity index is 3.09. The van der Waals surface area contributed by atoms with Crippen LogP contribution >= 0.6 is 11.6 Å². The standard InChI is InChI=1S/C14H16ClF2NO4/c1-14(2,3)22-13(20)18-11(12(19)21-7-15)10-8(16)5-4-6-9(10)17/h4-6,11H,7H2,1-3H3,(H,18,20). The Hall–Kier alpha value is -1.89. The number of esters is 1. The van der Waals surface area contributed by atoms with Crippen molar-refractivity contribution in [2.24, 2.45) is 0 Å². The summed E-state index contributed by atoms with van der Waals surface area (Å²) in [6.45, 7) is 4.80. The monoisotopic (exact) mass is 335 g/mol. The molecule has 0 fully saturated rings. The van der Waals surface area contributed by atoms with Crippen LogP contribution in [0.4, 0.5) is 13.6 Å². The van der Waals surface area contributed by atoms with E-state index in [1.807, 2.05) is 0 Å². The summed E-state index contributed by atoms with van der Waals surface area (Å²) in [5.74, 6) is -3.12. The smallest absolute Gasteiger partial charge is 0.408 e. The minimum absolute atomic E-state index is 0.526. The number of hydrogen-bond donors (Lipinski definition) is 1. The van der Waals surface area contributed by atoms with E-state index in [9.17, 15) is 18.4 Å². The number of carbonyl (C=O) groups is 2. The van der Waals surface area contributed by atoms with E-state index in [1.54, 1.807) is 20.8 Å². The second kappa shape index (κ2) is 7.40. The van der Waals surface area contributed by atoms with Crippen molar-refractivity contribution in [1.29, 1.82) is 0 Å². The number of ether oxygens (including phenoxy) is 2. The lowest BCUT2D eigenvalue weighted by Gasteiger charge is -2.23. The highest BCUT2D eigenvalue weighted by molar-refractivity contribution is 6.17. The molecular weight excluding hydrogens is 320 g/mol. The molecule has 1 unspecified atom stereocenters. The maximum Gasteiger partial charge on any atom is 0.408 e. The fourth-order valence-electron chi connectivity index (χ4n) is 1.60. The van der Waals surface area contributed by atoms with Crippen LogP contribution in [0.15, 0.2) is 18.2 Å². The third kappa shape index (κ3) is 5.14. The number of hydrogen-bond acceptors (Lipinski definition) is 4. The molecule has 0 heterocycles. The summed E-state index contributed by atoms with van der Waals surface area (Å²) < 4.78 is 37.1. The van der Waals surface area contributed by atoms with Crippen molar-refractivity contribution < 1.29 is 27.8 Å². The summed E-state index contributed by atoms with van der Waals surface area (Å²) in [7, 11) is 0. The van der Waals surface area contributed by atoms with Gasteiger partial charge in [-0.2, -0.15) is 0 Å². The molecule has 1 rings (SSSR count). The zero-order chi connectivity index (χ0) is 16.9. The highest BCUT2D eigenvalue weighted by Crippen LogP contribution is 2.23. The molecule has 122 valence electrons. The van der Waals surface area contributed by atoms with E-state index in [-0.39, 0.29) is 0 Å². The Morgan fingerprint density at radius 1 is 1.27 bits per heavy atom. The Labute approximate surface area is 131 Å². The Kier molecular flexibility index (Phi) is 6.11. The van der Waals surface area contributed by atoms with E-state index in [0.717, 1.165) is 18.2 Å². The number of alkyl halides is 1. The molecule has 1 aromatic carbocycles. The third-order valence-electron chi connectivity index (χ3n) is 2.38.